The van der Waals surface area contributed by atoms with Gasteiger partial charge in [0, 0.05) is 49.6 Å². The molecule has 2 aliphatic rings. The van der Waals surface area contributed by atoms with Crippen molar-refractivity contribution < 1.29 is 31.5 Å². The molecule has 2 saturated heterocycles. The van der Waals surface area contributed by atoms with Gasteiger partial charge in [0.1, 0.15) is 5.78 Å². The maximum atomic E-state index is 13.5. The molecule has 2 aromatic carbocycles. The number of benzene rings is 2. The van der Waals surface area contributed by atoms with Crippen LogP contribution in [0.15, 0.2) is 48.5 Å². The van der Waals surface area contributed by atoms with E-state index in [9.17, 15) is 31.5 Å². The first-order valence-corrected chi connectivity index (χ1v) is 11.2. The lowest BCUT2D eigenvalue weighted by atomic mass is 9.90. The van der Waals surface area contributed by atoms with Gasteiger partial charge in [-0.15, -0.1) is 0 Å². The zero-order chi connectivity index (χ0) is 24.5. The van der Waals surface area contributed by atoms with Crippen molar-refractivity contribution in [1.82, 2.24) is 0 Å². The summed E-state index contributed by atoms with van der Waals surface area (Å²) < 4.78 is 65.1. The zero-order valence-corrected chi connectivity index (χ0v) is 18.5. The summed E-state index contributed by atoms with van der Waals surface area (Å²) in [5.41, 5.74) is 1.03. The average molecular weight is 480 g/mol. The van der Waals surface area contributed by atoms with E-state index in [1.165, 1.54) is 12.1 Å². The Bertz CT molecular complexity index is 1030. The maximum Gasteiger partial charge on any atom is 0.416 e. The molecule has 9 heteroatoms. The fourth-order valence-electron chi connectivity index (χ4n) is 4.58. The number of halogens is 5. The molecule has 0 saturated carbocycles. The summed E-state index contributed by atoms with van der Waals surface area (Å²) in [5, 5.41) is 0. The highest BCUT2D eigenvalue weighted by atomic mass is 19.4. The van der Waals surface area contributed by atoms with Crippen LogP contribution in [0.3, 0.4) is 0 Å². The molecule has 0 aliphatic carbocycles. The highest BCUT2D eigenvalue weighted by Crippen LogP contribution is 2.33. The molecule has 0 N–H and O–H groups in total. The Morgan fingerprint density at radius 3 is 2.21 bits per heavy atom. The van der Waals surface area contributed by atoms with Crippen LogP contribution in [0.1, 0.15) is 36.8 Å². The molecular weight excluding hydrogens is 455 g/mol. The van der Waals surface area contributed by atoms with Crippen molar-refractivity contribution in [3.05, 3.63) is 59.7 Å². The summed E-state index contributed by atoms with van der Waals surface area (Å²) in [5.74, 6) is -3.56. The molecule has 182 valence electrons. The average Bonchev–Trinajstić information content (AvgIpc) is 3.15. The van der Waals surface area contributed by atoms with E-state index in [1.54, 1.807) is 34.1 Å². The molecule has 4 rings (SSSR count). The molecule has 1 amide bonds. The molecule has 34 heavy (non-hydrogen) atoms. The van der Waals surface area contributed by atoms with Crippen LogP contribution in [0.4, 0.5) is 33.3 Å². The number of nitrogens with zero attached hydrogens (tertiary/aromatic N) is 2. The monoisotopic (exact) mass is 480 g/mol. The summed E-state index contributed by atoms with van der Waals surface area (Å²) >= 11 is 0. The summed E-state index contributed by atoms with van der Waals surface area (Å²) in [7, 11) is 0. The van der Waals surface area contributed by atoms with E-state index in [0.29, 0.717) is 36.3 Å². The molecule has 2 aromatic rings. The second-order valence-corrected chi connectivity index (χ2v) is 8.99. The minimum Gasteiger partial charge on any atom is -0.365 e. The predicted molar refractivity (Wildman–Crippen MR) is 118 cm³/mol. The van der Waals surface area contributed by atoms with Crippen molar-refractivity contribution in [1.29, 1.82) is 0 Å². The van der Waals surface area contributed by atoms with Crippen molar-refractivity contribution in [2.24, 2.45) is 5.92 Å². The molecule has 2 aliphatic heterocycles. The molecule has 0 radical (unpaired) electrons. The third kappa shape index (κ3) is 5.56. The minimum absolute atomic E-state index is 0.0251. The van der Waals surface area contributed by atoms with Gasteiger partial charge in [0.2, 0.25) is 5.91 Å². The predicted octanol–water partition coefficient (Wildman–Crippen LogP) is 5.50. The van der Waals surface area contributed by atoms with E-state index in [-0.39, 0.29) is 44.0 Å². The summed E-state index contributed by atoms with van der Waals surface area (Å²) in [6, 6.07) is 11.4. The van der Waals surface area contributed by atoms with Crippen LogP contribution in [0, 0.1) is 5.92 Å². The Morgan fingerprint density at radius 1 is 0.971 bits per heavy atom. The largest absolute Gasteiger partial charge is 0.416 e. The van der Waals surface area contributed by atoms with Gasteiger partial charge in [0.25, 0.3) is 5.92 Å². The lowest BCUT2D eigenvalue weighted by Crippen LogP contribution is -2.42. The van der Waals surface area contributed by atoms with E-state index >= 15 is 0 Å². The van der Waals surface area contributed by atoms with Crippen LogP contribution in [0.5, 0.6) is 0 Å². The normalized spacial score (nSPS) is 20.6. The van der Waals surface area contributed by atoms with Crippen LogP contribution in [0.2, 0.25) is 0 Å². The standard InChI is InChI=1S/C25H25F5N2O2/c26-24(27)11-13-31(16-24)20-7-9-21(10-8-20)32-12-1-2-18(23(32)34)15-22(33)14-17-3-5-19(6-4-17)25(28,29)30/h3-10,18H,1-2,11-16H2/t18-/m0/s1. The Morgan fingerprint density at radius 2 is 1.62 bits per heavy atom. The van der Waals surface area contributed by atoms with Crippen molar-refractivity contribution in [2.45, 2.75) is 44.2 Å². The first-order valence-electron chi connectivity index (χ1n) is 11.2. The second-order valence-electron chi connectivity index (χ2n) is 8.99. The van der Waals surface area contributed by atoms with Gasteiger partial charge in [-0.05, 0) is 54.8 Å². The molecule has 0 unspecified atom stereocenters. The third-order valence-corrected chi connectivity index (χ3v) is 6.40. The summed E-state index contributed by atoms with van der Waals surface area (Å²) in [4.78, 5) is 28.8. The fraction of sp³-hybridized carbons (Fsp3) is 0.440. The Kier molecular flexibility index (Phi) is 6.64. The van der Waals surface area contributed by atoms with Crippen LogP contribution >= 0.6 is 0 Å². The van der Waals surface area contributed by atoms with Gasteiger partial charge in [0.15, 0.2) is 0 Å². The first-order chi connectivity index (χ1) is 16.0. The van der Waals surface area contributed by atoms with Crippen molar-refractivity contribution in [3.8, 4) is 0 Å². The Balaban J connectivity index is 1.36. The number of piperidine rings is 1. The van der Waals surface area contributed by atoms with E-state index in [2.05, 4.69) is 0 Å². The quantitative estimate of drug-likeness (QED) is 0.513. The number of rotatable bonds is 6. The number of carbonyl (C=O) groups excluding carboxylic acids is 2. The number of Topliss-reactive ketones (excluding diaryl/α,β-unsaturated/α-hetero) is 1. The van der Waals surface area contributed by atoms with Gasteiger partial charge >= 0.3 is 6.18 Å². The number of hydrogen-bond donors (Lipinski definition) is 0. The van der Waals surface area contributed by atoms with E-state index < -0.39 is 23.6 Å². The number of ketones is 1. The number of anilines is 2. The molecule has 0 aromatic heterocycles. The molecule has 1 atom stereocenters. The fourth-order valence-corrected chi connectivity index (χ4v) is 4.58. The molecular formula is C25H25F5N2O2. The molecule has 4 nitrogen and oxygen atoms in total. The number of carbonyl (C=O) groups is 2. The van der Waals surface area contributed by atoms with Crippen molar-refractivity contribution in [2.75, 3.05) is 29.4 Å². The topological polar surface area (TPSA) is 40.6 Å². The van der Waals surface area contributed by atoms with Crippen LogP contribution in [-0.2, 0) is 22.2 Å². The highest BCUT2D eigenvalue weighted by Gasteiger charge is 2.38. The van der Waals surface area contributed by atoms with Gasteiger partial charge in [-0.25, -0.2) is 8.78 Å². The van der Waals surface area contributed by atoms with Gasteiger partial charge in [-0.2, -0.15) is 13.2 Å². The third-order valence-electron chi connectivity index (χ3n) is 6.40. The molecule has 0 spiro atoms. The van der Waals surface area contributed by atoms with Crippen LogP contribution in [-0.4, -0.2) is 37.2 Å². The summed E-state index contributed by atoms with van der Waals surface area (Å²) in [6.07, 6.45) is -3.34. The van der Waals surface area contributed by atoms with Gasteiger partial charge < -0.3 is 9.80 Å². The van der Waals surface area contributed by atoms with E-state index in [1.807, 2.05) is 0 Å². The smallest absolute Gasteiger partial charge is 0.365 e. The van der Waals surface area contributed by atoms with Gasteiger partial charge in [-0.3, -0.25) is 9.59 Å². The SMILES string of the molecule is O=C(Cc1ccc(C(F)(F)F)cc1)C[C@@H]1CCCN(c2ccc(N3CCC(F)(F)C3)cc2)C1=O. The molecule has 0 bridgehead atoms. The van der Waals surface area contributed by atoms with E-state index in [0.717, 1.165) is 12.1 Å². The van der Waals surface area contributed by atoms with Crippen LogP contribution in [0.25, 0.3) is 0 Å². The number of amides is 1. The zero-order valence-electron chi connectivity index (χ0n) is 18.5. The minimum atomic E-state index is -4.43. The lowest BCUT2D eigenvalue weighted by molar-refractivity contribution is -0.137. The number of alkyl halides is 5. The number of hydrogen-bond acceptors (Lipinski definition) is 3. The van der Waals surface area contributed by atoms with Gasteiger partial charge in [0.05, 0.1) is 12.1 Å². The molecule has 2 heterocycles. The maximum absolute atomic E-state index is 13.5. The Labute approximate surface area is 194 Å². The van der Waals surface area contributed by atoms with Crippen LogP contribution < -0.4 is 9.80 Å². The van der Waals surface area contributed by atoms with Crippen molar-refractivity contribution >= 4 is 23.1 Å². The first kappa shape index (κ1) is 24.2. The second kappa shape index (κ2) is 9.35. The van der Waals surface area contributed by atoms with E-state index in [4.69, 9.17) is 0 Å². The highest BCUT2D eigenvalue weighted by molar-refractivity contribution is 5.98. The van der Waals surface area contributed by atoms with Gasteiger partial charge in [-0.1, -0.05) is 12.1 Å². The summed E-state index contributed by atoms with van der Waals surface area (Å²) in [6.45, 7) is 0.458. The molecule has 2 fully saturated rings. The Hall–Kier alpha value is -2.97. The lowest BCUT2D eigenvalue weighted by Gasteiger charge is -2.32. The van der Waals surface area contributed by atoms with Crippen molar-refractivity contribution in [3.63, 3.8) is 0 Å².